The highest BCUT2D eigenvalue weighted by Crippen LogP contribution is 2.42. The molecule has 4 rings (SSSR count). The fraction of sp³-hybridized carbons (Fsp3) is 0.115. The van der Waals surface area contributed by atoms with E-state index in [0.717, 1.165) is 0 Å². The highest BCUT2D eigenvalue weighted by molar-refractivity contribution is 7.86. The SMILES string of the molecule is CCOc1cccc(Cl)c1NC(=O)c1cc2ccccc2c(N=Nc2c(C)ccc(Cl)c2S(=O)(=O)O)c1O. The van der Waals surface area contributed by atoms with Crippen molar-refractivity contribution in [1.82, 2.24) is 0 Å². The quantitative estimate of drug-likeness (QED) is 0.155. The summed E-state index contributed by atoms with van der Waals surface area (Å²) < 4.78 is 39.2. The minimum Gasteiger partial charge on any atom is -0.505 e. The van der Waals surface area contributed by atoms with Crippen molar-refractivity contribution in [3.63, 3.8) is 0 Å². The van der Waals surface area contributed by atoms with Gasteiger partial charge in [-0.25, -0.2) is 0 Å². The van der Waals surface area contributed by atoms with Gasteiger partial charge in [0.25, 0.3) is 16.0 Å². The van der Waals surface area contributed by atoms with Crippen LogP contribution in [-0.2, 0) is 10.1 Å². The number of phenolic OH excluding ortho intramolecular Hbond substituents is 1. The number of amides is 1. The standard InChI is InChI=1S/C26H21Cl2N3O6S/c1-3-37-20-10-6-9-18(27)23(20)29-26(33)17-13-15-7-4-5-8-16(15)22(24(17)32)31-30-21-14(2)11-12-19(28)25(21)38(34,35)36/h4-13,32H,3H2,1-2H3,(H,29,33)(H,34,35,36). The third-order valence-corrected chi connectivity index (χ3v) is 7.22. The molecule has 4 aromatic carbocycles. The topological polar surface area (TPSA) is 138 Å². The number of nitrogens with one attached hydrogen (secondary N) is 1. The molecule has 0 saturated heterocycles. The van der Waals surface area contributed by atoms with Gasteiger partial charge in [0.2, 0.25) is 0 Å². The number of halogens is 2. The predicted molar refractivity (Wildman–Crippen MR) is 146 cm³/mol. The third kappa shape index (κ3) is 5.44. The van der Waals surface area contributed by atoms with Crippen LogP contribution < -0.4 is 10.1 Å². The summed E-state index contributed by atoms with van der Waals surface area (Å²) in [7, 11) is -4.75. The zero-order chi connectivity index (χ0) is 27.6. The lowest BCUT2D eigenvalue weighted by Crippen LogP contribution is -2.14. The van der Waals surface area contributed by atoms with Crippen molar-refractivity contribution in [1.29, 1.82) is 0 Å². The molecule has 0 bridgehead atoms. The molecule has 0 radical (unpaired) electrons. The Bertz CT molecular complexity index is 1710. The van der Waals surface area contributed by atoms with Crippen molar-refractivity contribution in [3.8, 4) is 11.5 Å². The summed E-state index contributed by atoms with van der Waals surface area (Å²) in [6, 6.07) is 16.0. The summed E-state index contributed by atoms with van der Waals surface area (Å²) in [6.45, 7) is 3.68. The summed E-state index contributed by atoms with van der Waals surface area (Å²) in [5.41, 5.74) is 0.126. The van der Waals surface area contributed by atoms with Crippen LogP contribution in [0.5, 0.6) is 11.5 Å². The van der Waals surface area contributed by atoms with Gasteiger partial charge in [-0.05, 0) is 49.1 Å². The molecule has 9 nitrogen and oxygen atoms in total. The Morgan fingerprint density at radius 1 is 1.00 bits per heavy atom. The number of hydrogen-bond acceptors (Lipinski definition) is 7. The Labute approximate surface area is 228 Å². The number of aryl methyl sites for hydroxylation is 1. The molecule has 0 aromatic heterocycles. The second-order valence-corrected chi connectivity index (χ2v) is 10.2. The minimum atomic E-state index is -4.75. The van der Waals surface area contributed by atoms with Gasteiger partial charge in [-0.15, -0.1) is 10.2 Å². The van der Waals surface area contributed by atoms with Gasteiger partial charge >= 0.3 is 0 Å². The van der Waals surface area contributed by atoms with Crippen molar-refractivity contribution < 1.29 is 27.6 Å². The maximum atomic E-state index is 13.3. The number of carbonyl (C=O) groups is 1. The highest BCUT2D eigenvalue weighted by Gasteiger charge is 2.24. The zero-order valence-corrected chi connectivity index (χ0v) is 22.4. The number of phenols is 1. The van der Waals surface area contributed by atoms with Crippen LogP contribution in [0.2, 0.25) is 10.0 Å². The molecule has 0 heterocycles. The van der Waals surface area contributed by atoms with Gasteiger partial charge in [-0.2, -0.15) is 8.42 Å². The molecule has 0 unspecified atom stereocenters. The summed E-state index contributed by atoms with van der Waals surface area (Å²) in [6.07, 6.45) is 0. The second-order valence-electron chi connectivity index (χ2n) is 8.06. The third-order valence-electron chi connectivity index (χ3n) is 5.55. The number of para-hydroxylation sites is 1. The van der Waals surface area contributed by atoms with Crippen molar-refractivity contribution in [2.45, 2.75) is 18.7 Å². The normalized spacial score (nSPS) is 11.7. The number of carbonyl (C=O) groups excluding carboxylic acids is 1. The van der Waals surface area contributed by atoms with Crippen LogP contribution in [0.25, 0.3) is 10.8 Å². The van der Waals surface area contributed by atoms with Crippen molar-refractivity contribution >= 4 is 67.1 Å². The Kier molecular flexibility index (Phi) is 7.89. The number of benzene rings is 4. The van der Waals surface area contributed by atoms with Crippen LogP contribution in [-0.4, -0.2) is 30.6 Å². The number of rotatable bonds is 7. The number of fused-ring (bicyclic) bond motifs is 1. The van der Waals surface area contributed by atoms with Gasteiger partial charge in [0.05, 0.1) is 22.2 Å². The fourth-order valence-corrected chi connectivity index (χ4v) is 5.21. The van der Waals surface area contributed by atoms with E-state index in [0.29, 0.717) is 28.7 Å². The molecule has 0 atom stereocenters. The van der Waals surface area contributed by atoms with Crippen molar-refractivity contribution in [3.05, 3.63) is 81.8 Å². The van der Waals surface area contributed by atoms with Gasteiger partial charge in [0, 0.05) is 5.39 Å². The lowest BCUT2D eigenvalue weighted by molar-refractivity contribution is 0.102. The summed E-state index contributed by atoms with van der Waals surface area (Å²) in [4.78, 5) is 12.7. The number of nitrogens with zero attached hydrogens (tertiary/aromatic N) is 2. The van der Waals surface area contributed by atoms with Gasteiger partial charge in [0.1, 0.15) is 27.7 Å². The predicted octanol–water partition coefficient (Wildman–Crippen LogP) is 7.47. The lowest BCUT2D eigenvalue weighted by Gasteiger charge is -2.15. The van der Waals surface area contributed by atoms with Gasteiger partial charge in [0.15, 0.2) is 5.75 Å². The molecule has 0 aliphatic carbocycles. The molecular formula is C26H21Cl2N3O6S. The molecule has 0 saturated carbocycles. The molecule has 0 aliphatic rings. The van der Waals surface area contributed by atoms with Crippen molar-refractivity contribution in [2.75, 3.05) is 11.9 Å². The van der Waals surface area contributed by atoms with E-state index in [1.54, 1.807) is 56.3 Å². The second kappa shape index (κ2) is 11.0. The first-order chi connectivity index (χ1) is 18.0. The monoisotopic (exact) mass is 573 g/mol. The fourth-order valence-electron chi connectivity index (χ4n) is 3.79. The smallest absolute Gasteiger partial charge is 0.298 e. The Hall–Kier alpha value is -3.70. The first kappa shape index (κ1) is 27.3. The van der Waals surface area contributed by atoms with E-state index in [1.165, 1.54) is 18.2 Å². The largest absolute Gasteiger partial charge is 0.505 e. The first-order valence-electron chi connectivity index (χ1n) is 11.2. The van der Waals surface area contributed by atoms with Crippen molar-refractivity contribution in [2.24, 2.45) is 10.2 Å². The van der Waals surface area contributed by atoms with Crippen LogP contribution in [0.3, 0.4) is 0 Å². The molecule has 38 heavy (non-hydrogen) atoms. The number of anilines is 1. The molecule has 0 aliphatic heterocycles. The van der Waals surface area contributed by atoms with Crippen LogP contribution in [0.1, 0.15) is 22.8 Å². The van der Waals surface area contributed by atoms with E-state index in [1.807, 2.05) is 0 Å². The van der Waals surface area contributed by atoms with E-state index in [9.17, 15) is 22.9 Å². The number of hydrogen-bond donors (Lipinski definition) is 3. The summed E-state index contributed by atoms with van der Waals surface area (Å²) >= 11 is 12.3. The molecular weight excluding hydrogens is 553 g/mol. The van der Waals surface area contributed by atoms with E-state index >= 15 is 0 Å². The molecule has 1 amide bonds. The maximum absolute atomic E-state index is 13.3. The molecule has 12 heteroatoms. The van der Waals surface area contributed by atoms with Crippen LogP contribution >= 0.6 is 23.2 Å². The zero-order valence-electron chi connectivity index (χ0n) is 20.1. The van der Waals surface area contributed by atoms with Crippen LogP contribution in [0.4, 0.5) is 17.1 Å². The molecule has 0 spiro atoms. The van der Waals surface area contributed by atoms with E-state index < -0.39 is 26.7 Å². The maximum Gasteiger partial charge on any atom is 0.298 e. The first-order valence-corrected chi connectivity index (χ1v) is 13.4. The van der Waals surface area contributed by atoms with E-state index in [-0.39, 0.29) is 32.7 Å². The summed E-state index contributed by atoms with van der Waals surface area (Å²) in [5.74, 6) is -0.859. The molecule has 0 fully saturated rings. The van der Waals surface area contributed by atoms with Gasteiger partial charge in [-0.3, -0.25) is 9.35 Å². The van der Waals surface area contributed by atoms with Crippen LogP contribution in [0, 0.1) is 6.92 Å². The Balaban J connectivity index is 1.86. The number of ether oxygens (including phenoxy) is 1. The minimum absolute atomic E-state index is 0.0990. The average Bonchev–Trinajstić information content (AvgIpc) is 2.86. The Morgan fingerprint density at radius 2 is 1.71 bits per heavy atom. The average molecular weight is 574 g/mol. The van der Waals surface area contributed by atoms with Gasteiger partial charge in [-0.1, -0.05) is 59.6 Å². The number of azo groups is 1. The molecule has 3 N–H and O–H groups in total. The molecule has 196 valence electrons. The highest BCUT2D eigenvalue weighted by atomic mass is 35.5. The van der Waals surface area contributed by atoms with Crippen LogP contribution in [0.15, 0.2) is 75.8 Å². The van der Waals surface area contributed by atoms with E-state index in [4.69, 9.17) is 27.9 Å². The number of aromatic hydroxyl groups is 1. The van der Waals surface area contributed by atoms with Gasteiger partial charge < -0.3 is 15.2 Å². The molecule has 4 aromatic rings. The lowest BCUT2D eigenvalue weighted by atomic mass is 10.0. The summed E-state index contributed by atoms with van der Waals surface area (Å²) in [5, 5.41) is 22.9. The van der Waals surface area contributed by atoms with E-state index in [2.05, 4.69) is 15.5 Å². The Morgan fingerprint density at radius 3 is 2.42 bits per heavy atom.